The van der Waals surface area contributed by atoms with Crippen molar-refractivity contribution in [3.63, 3.8) is 0 Å². The maximum absolute atomic E-state index is 13.9. The third kappa shape index (κ3) is 5.28. The summed E-state index contributed by atoms with van der Waals surface area (Å²) in [6.07, 6.45) is -10.3. The minimum Gasteiger partial charge on any atom is -0.379 e. The molecule has 11 heteroatoms. The quantitative estimate of drug-likeness (QED) is 0.376. The molecule has 1 atom stereocenters. The maximum Gasteiger partial charge on any atom is 0.416 e. The summed E-state index contributed by atoms with van der Waals surface area (Å²) < 4.78 is 86.8. The van der Waals surface area contributed by atoms with E-state index in [1.165, 1.54) is 6.07 Å². The monoisotopic (exact) mass is 548 g/mol. The fourth-order valence-corrected chi connectivity index (χ4v) is 5.00. The fraction of sp³-hybridized carbons (Fsp3) is 0.286. The van der Waals surface area contributed by atoms with Gasteiger partial charge >= 0.3 is 12.4 Å². The van der Waals surface area contributed by atoms with E-state index in [-0.39, 0.29) is 18.3 Å². The average Bonchev–Trinajstić information content (AvgIpc) is 2.91. The summed E-state index contributed by atoms with van der Waals surface area (Å²) >= 11 is 0. The lowest BCUT2D eigenvalue weighted by molar-refractivity contribution is -0.143. The number of hydrogen-bond donors (Lipinski definition) is 0. The lowest BCUT2D eigenvalue weighted by atomic mass is 9.85. The summed E-state index contributed by atoms with van der Waals surface area (Å²) in [5, 5.41) is 0. The Morgan fingerprint density at radius 3 is 1.97 bits per heavy atom. The standard InChI is InChI=1S/C28H22F6N2O3/c29-27(30,31)18-13-17(14-19(15-18)28(32,33)34)26(38)36-23-8-4-3-6-21(23)20-5-1-2-7-22(20)25(36)24(37)16-35-9-11-39-12-10-35/h1-8,13-15,25H,9-12,16H2. The van der Waals surface area contributed by atoms with Crippen LogP contribution in [0.1, 0.15) is 33.1 Å². The lowest BCUT2D eigenvalue weighted by Gasteiger charge is -2.39. The minimum absolute atomic E-state index is 0.0305. The summed E-state index contributed by atoms with van der Waals surface area (Å²) in [5.41, 5.74) is -2.21. The molecule has 1 saturated heterocycles. The van der Waals surface area contributed by atoms with Crippen LogP contribution < -0.4 is 4.90 Å². The molecule has 1 amide bonds. The van der Waals surface area contributed by atoms with Gasteiger partial charge in [0.25, 0.3) is 5.91 Å². The number of halogens is 6. The Morgan fingerprint density at radius 2 is 1.36 bits per heavy atom. The molecule has 39 heavy (non-hydrogen) atoms. The molecular formula is C28H22F6N2O3. The number of para-hydroxylation sites is 1. The Hall–Kier alpha value is -3.70. The van der Waals surface area contributed by atoms with Gasteiger partial charge in [-0.05, 0) is 35.4 Å². The largest absolute Gasteiger partial charge is 0.416 e. The van der Waals surface area contributed by atoms with Crippen molar-refractivity contribution in [2.75, 3.05) is 37.7 Å². The first-order valence-electron chi connectivity index (χ1n) is 12.1. The van der Waals surface area contributed by atoms with E-state index in [2.05, 4.69) is 0 Å². The zero-order chi connectivity index (χ0) is 27.9. The highest BCUT2D eigenvalue weighted by Crippen LogP contribution is 2.46. The van der Waals surface area contributed by atoms with Crippen LogP contribution in [0.5, 0.6) is 0 Å². The molecule has 204 valence electrons. The van der Waals surface area contributed by atoms with Crippen molar-refractivity contribution in [3.8, 4) is 11.1 Å². The third-order valence-corrected chi connectivity index (χ3v) is 6.81. The van der Waals surface area contributed by atoms with Crippen LogP contribution in [0.3, 0.4) is 0 Å². The number of fused-ring (bicyclic) bond motifs is 3. The Labute approximate surface area is 219 Å². The van der Waals surface area contributed by atoms with E-state index in [1.54, 1.807) is 42.5 Å². The second-order valence-electron chi connectivity index (χ2n) is 9.33. The molecular weight excluding hydrogens is 526 g/mol. The van der Waals surface area contributed by atoms with Crippen LogP contribution in [-0.2, 0) is 21.9 Å². The smallest absolute Gasteiger partial charge is 0.379 e. The number of carbonyl (C=O) groups is 2. The summed E-state index contributed by atoms with van der Waals surface area (Å²) in [4.78, 5) is 30.6. The Balaban J connectivity index is 1.66. The van der Waals surface area contributed by atoms with Crippen LogP contribution in [0.25, 0.3) is 11.1 Å². The number of anilines is 1. The summed E-state index contributed by atoms with van der Waals surface area (Å²) in [6, 6.07) is 12.8. The second kappa shape index (κ2) is 10.1. The van der Waals surface area contributed by atoms with Crippen molar-refractivity contribution < 1.29 is 40.7 Å². The Kier molecular flexibility index (Phi) is 6.98. The number of carbonyl (C=O) groups excluding carboxylic acids is 2. The van der Waals surface area contributed by atoms with Crippen molar-refractivity contribution in [3.05, 3.63) is 89.0 Å². The van der Waals surface area contributed by atoms with E-state index in [9.17, 15) is 35.9 Å². The number of morpholine rings is 1. The molecule has 1 fully saturated rings. The molecule has 2 aliphatic rings. The SMILES string of the molecule is O=C(CN1CCOCC1)C1c2ccccc2-c2ccccc2N1C(=O)c1cc(C(F)(F)F)cc(C(F)(F)F)c1. The van der Waals surface area contributed by atoms with Gasteiger partial charge in [0.1, 0.15) is 6.04 Å². The molecule has 5 rings (SSSR count). The number of ketones is 1. The van der Waals surface area contributed by atoms with Gasteiger partial charge in [-0.1, -0.05) is 42.5 Å². The minimum atomic E-state index is -5.13. The number of amides is 1. The molecule has 3 aromatic rings. The number of alkyl halides is 6. The third-order valence-electron chi connectivity index (χ3n) is 6.81. The highest BCUT2D eigenvalue weighted by atomic mass is 19.4. The van der Waals surface area contributed by atoms with Gasteiger partial charge in [-0.2, -0.15) is 26.3 Å². The number of Topliss-reactive ketones (excluding diaryl/α,β-unsaturated/α-hetero) is 1. The van der Waals surface area contributed by atoms with Gasteiger partial charge in [-0.25, -0.2) is 0 Å². The second-order valence-corrected chi connectivity index (χ2v) is 9.33. The Bertz CT molecular complexity index is 1380. The first-order chi connectivity index (χ1) is 18.4. The zero-order valence-corrected chi connectivity index (χ0v) is 20.4. The van der Waals surface area contributed by atoms with Gasteiger partial charge in [0, 0.05) is 24.2 Å². The summed E-state index contributed by atoms with van der Waals surface area (Å²) in [5.74, 6) is -1.57. The molecule has 3 aromatic carbocycles. The van der Waals surface area contributed by atoms with Crippen molar-refractivity contribution in [2.45, 2.75) is 18.4 Å². The molecule has 2 aliphatic heterocycles. The molecule has 0 saturated carbocycles. The highest BCUT2D eigenvalue weighted by molar-refractivity contribution is 6.14. The molecule has 0 bridgehead atoms. The van der Waals surface area contributed by atoms with Crippen molar-refractivity contribution in [1.29, 1.82) is 0 Å². The van der Waals surface area contributed by atoms with Crippen LogP contribution in [0.15, 0.2) is 66.7 Å². The van der Waals surface area contributed by atoms with E-state index in [1.807, 2.05) is 4.90 Å². The van der Waals surface area contributed by atoms with E-state index in [0.717, 1.165) is 4.90 Å². The molecule has 0 radical (unpaired) electrons. The number of benzene rings is 3. The number of nitrogens with zero attached hydrogens (tertiary/aromatic N) is 2. The van der Waals surface area contributed by atoms with Gasteiger partial charge in [-0.3, -0.25) is 19.4 Å². The molecule has 0 aromatic heterocycles. The fourth-order valence-electron chi connectivity index (χ4n) is 5.00. The number of rotatable bonds is 4. The summed E-state index contributed by atoms with van der Waals surface area (Å²) in [7, 11) is 0. The van der Waals surface area contributed by atoms with Crippen molar-refractivity contribution in [2.24, 2.45) is 0 Å². The predicted octanol–water partition coefficient (Wildman–Crippen LogP) is 5.99. The van der Waals surface area contributed by atoms with E-state index in [4.69, 9.17) is 4.74 Å². The molecule has 5 nitrogen and oxygen atoms in total. The lowest BCUT2D eigenvalue weighted by Crippen LogP contribution is -2.47. The summed E-state index contributed by atoms with van der Waals surface area (Å²) in [6.45, 7) is 1.67. The van der Waals surface area contributed by atoms with E-state index < -0.39 is 46.8 Å². The predicted molar refractivity (Wildman–Crippen MR) is 130 cm³/mol. The van der Waals surface area contributed by atoms with Gasteiger partial charge in [-0.15, -0.1) is 0 Å². The maximum atomic E-state index is 13.9. The van der Waals surface area contributed by atoms with Crippen LogP contribution >= 0.6 is 0 Å². The van der Waals surface area contributed by atoms with Crippen molar-refractivity contribution in [1.82, 2.24) is 4.90 Å². The normalized spacial score (nSPS) is 17.9. The zero-order valence-electron chi connectivity index (χ0n) is 20.4. The topological polar surface area (TPSA) is 49.9 Å². The molecule has 0 N–H and O–H groups in total. The number of ether oxygens (including phenoxy) is 1. The molecule has 2 heterocycles. The first kappa shape index (κ1) is 26.9. The number of hydrogen-bond acceptors (Lipinski definition) is 4. The van der Waals surface area contributed by atoms with Crippen LogP contribution in [0, 0.1) is 0 Å². The van der Waals surface area contributed by atoms with Gasteiger partial charge in [0.05, 0.1) is 36.6 Å². The molecule has 0 spiro atoms. The first-order valence-corrected chi connectivity index (χ1v) is 12.1. The molecule has 0 aliphatic carbocycles. The molecule has 1 unspecified atom stereocenters. The van der Waals surface area contributed by atoms with Crippen LogP contribution in [0.2, 0.25) is 0 Å². The van der Waals surface area contributed by atoms with Crippen LogP contribution in [0.4, 0.5) is 32.0 Å². The van der Waals surface area contributed by atoms with Crippen LogP contribution in [-0.4, -0.2) is 49.4 Å². The van der Waals surface area contributed by atoms with Gasteiger partial charge < -0.3 is 4.74 Å². The van der Waals surface area contributed by atoms with E-state index in [0.29, 0.717) is 55.1 Å². The van der Waals surface area contributed by atoms with Gasteiger partial charge in [0.2, 0.25) is 0 Å². The van der Waals surface area contributed by atoms with Gasteiger partial charge in [0.15, 0.2) is 5.78 Å². The average molecular weight is 548 g/mol. The Morgan fingerprint density at radius 1 is 0.795 bits per heavy atom. The van der Waals surface area contributed by atoms with Crippen molar-refractivity contribution >= 4 is 17.4 Å². The van der Waals surface area contributed by atoms with E-state index >= 15 is 0 Å². The highest BCUT2D eigenvalue weighted by Gasteiger charge is 2.42.